The van der Waals surface area contributed by atoms with E-state index in [4.69, 9.17) is 15.2 Å². The van der Waals surface area contributed by atoms with Gasteiger partial charge in [-0.15, -0.1) is 11.3 Å². The molecule has 1 atom stereocenters. The van der Waals surface area contributed by atoms with Crippen molar-refractivity contribution in [2.75, 3.05) is 17.2 Å². The highest BCUT2D eigenvalue weighted by atomic mass is 32.1. The highest BCUT2D eigenvalue weighted by Crippen LogP contribution is 2.23. The number of rotatable bonds is 7. The number of esters is 1. The molecule has 0 aliphatic rings. The molecule has 1 aromatic heterocycles. The van der Waals surface area contributed by atoms with Crippen LogP contribution in [0, 0.1) is 0 Å². The molecule has 1 aromatic carbocycles. The van der Waals surface area contributed by atoms with E-state index in [-0.39, 0.29) is 22.7 Å². The first-order valence-electron chi connectivity index (χ1n) is 8.24. The highest BCUT2D eigenvalue weighted by molar-refractivity contribution is 7.14. The zero-order valence-electron chi connectivity index (χ0n) is 15.2. The van der Waals surface area contributed by atoms with Crippen LogP contribution in [0.2, 0.25) is 0 Å². The Morgan fingerprint density at radius 3 is 2.61 bits per heavy atom. The van der Waals surface area contributed by atoms with E-state index in [2.05, 4.69) is 10.6 Å². The second kappa shape index (κ2) is 9.51. The van der Waals surface area contributed by atoms with Crippen LogP contribution in [0.4, 0.5) is 15.5 Å². The third kappa shape index (κ3) is 5.55. The molecule has 1 unspecified atom stereocenters. The van der Waals surface area contributed by atoms with Crippen LogP contribution in [0.1, 0.15) is 34.6 Å². The second-order valence-corrected chi connectivity index (χ2v) is 6.41. The van der Waals surface area contributed by atoms with Crippen LogP contribution in [-0.2, 0) is 14.3 Å². The number of anilines is 2. The van der Waals surface area contributed by atoms with Crippen molar-refractivity contribution in [3.8, 4) is 0 Å². The van der Waals surface area contributed by atoms with Crippen LogP contribution in [-0.4, -0.2) is 36.6 Å². The van der Waals surface area contributed by atoms with Gasteiger partial charge in [0.1, 0.15) is 5.00 Å². The predicted octanol–water partition coefficient (Wildman–Crippen LogP) is 2.60. The molecular weight excluding hydrogens is 386 g/mol. The highest BCUT2D eigenvalue weighted by Gasteiger charge is 2.21. The number of primary amides is 1. The summed E-state index contributed by atoms with van der Waals surface area (Å²) in [6, 6.07) is 7.49. The van der Waals surface area contributed by atoms with Crippen molar-refractivity contribution in [1.82, 2.24) is 0 Å². The molecule has 9 nitrogen and oxygen atoms in total. The molecule has 0 radical (unpaired) electrons. The van der Waals surface area contributed by atoms with Crippen molar-refractivity contribution >= 4 is 45.9 Å². The molecule has 2 rings (SSSR count). The number of nitrogens with two attached hydrogens (primary N) is 1. The summed E-state index contributed by atoms with van der Waals surface area (Å²) in [7, 11) is 0. The Labute approximate surface area is 164 Å². The van der Waals surface area contributed by atoms with E-state index in [1.807, 2.05) is 0 Å². The maximum absolute atomic E-state index is 12.3. The number of hydrogen-bond acceptors (Lipinski definition) is 7. The van der Waals surface area contributed by atoms with Crippen molar-refractivity contribution in [3.63, 3.8) is 0 Å². The Morgan fingerprint density at radius 2 is 1.93 bits per heavy atom. The zero-order chi connectivity index (χ0) is 20.7. The molecule has 1 heterocycles. The number of ether oxygens (including phenoxy) is 2. The SMILES string of the molecule is CCOC(=O)Nc1cccc(C(=O)OC(C)C(=O)Nc2sccc2C(N)=O)c1. The van der Waals surface area contributed by atoms with E-state index in [1.165, 1.54) is 25.1 Å². The van der Waals surface area contributed by atoms with Gasteiger partial charge >= 0.3 is 12.1 Å². The van der Waals surface area contributed by atoms with Crippen LogP contribution in [0.5, 0.6) is 0 Å². The molecule has 0 fully saturated rings. The fraction of sp³-hybridized carbons (Fsp3) is 0.222. The Hall–Kier alpha value is -3.40. The topological polar surface area (TPSA) is 137 Å². The lowest BCUT2D eigenvalue weighted by atomic mass is 10.2. The summed E-state index contributed by atoms with van der Waals surface area (Å²) in [4.78, 5) is 47.3. The van der Waals surface area contributed by atoms with Crippen LogP contribution in [0.3, 0.4) is 0 Å². The maximum atomic E-state index is 12.3. The van der Waals surface area contributed by atoms with E-state index < -0.39 is 30.0 Å². The third-order valence-corrected chi connectivity index (χ3v) is 4.27. The lowest BCUT2D eigenvalue weighted by Crippen LogP contribution is -2.30. The molecule has 0 bridgehead atoms. The number of amides is 3. The molecule has 148 valence electrons. The summed E-state index contributed by atoms with van der Waals surface area (Å²) >= 11 is 1.13. The summed E-state index contributed by atoms with van der Waals surface area (Å²) in [5.41, 5.74) is 5.89. The normalized spacial score (nSPS) is 11.2. The van der Waals surface area contributed by atoms with E-state index in [0.717, 1.165) is 11.3 Å². The molecule has 10 heteroatoms. The van der Waals surface area contributed by atoms with Gasteiger partial charge in [0.05, 0.1) is 17.7 Å². The monoisotopic (exact) mass is 405 g/mol. The lowest BCUT2D eigenvalue weighted by molar-refractivity contribution is -0.123. The Balaban J connectivity index is 1.99. The standard InChI is InChI=1S/C18H19N3O6S/c1-3-26-18(25)20-12-6-4-5-11(9-12)17(24)27-10(2)15(23)21-16-13(14(19)22)7-8-28-16/h4-10H,3H2,1-2H3,(H2,19,22)(H,20,25)(H,21,23). The van der Waals surface area contributed by atoms with Gasteiger partial charge in [0.25, 0.3) is 11.8 Å². The number of hydrogen-bond donors (Lipinski definition) is 3. The maximum Gasteiger partial charge on any atom is 0.411 e. The van der Waals surface area contributed by atoms with Crippen LogP contribution >= 0.6 is 11.3 Å². The summed E-state index contributed by atoms with van der Waals surface area (Å²) in [6.45, 7) is 3.27. The van der Waals surface area contributed by atoms with Gasteiger partial charge in [-0.25, -0.2) is 9.59 Å². The number of benzene rings is 1. The molecule has 28 heavy (non-hydrogen) atoms. The van der Waals surface area contributed by atoms with Crippen LogP contribution in [0.25, 0.3) is 0 Å². The van der Waals surface area contributed by atoms with E-state index in [9.17, 15) is 19.2 Å². The first-order chi connectivity index (χ1) is 13.3. The van der Waals surface area contributed by atoms with Crippen molar-refractivity contribution in [2.24, 2.45) is 5.73 Å². The molecule has 0 saturated carbocycles. The van der Waals surface area contributed by atoms with E-state index in [1.54, 1.807) is 24.4 Å². The van der Waals surface area contributed by atoms with Gasteiger partial charge in [0.15, 0.2) is 6.10 Å². The van der Waals surface area contributed by atoms with Crippen molar-refractivity contribution in [2.45, 2.75) is 20.0 Å². The average molecular weight is 405 g/mol. The molecule has 0 spiro atoms. The minimum Gasteiger partial charge on any atom is -0.450 e. The Kier molecular flexibility index (Phi) is 7.10. The summed E-state index contributed by atoms with van der Waals surface area (Å²) in [5, 5.41) is 6.86. The minimum atomic E-state index is -1.13. The van der Waals surface area contributed by atoms with Crippen molar-refractivity contribution in [1.29, 1.82) is 0 Å². The van der Waals surface area contributed by atoms with Gasteiger partial charge in [-0.3, -0.25) is 14.9 Å². The van der Waals surface area contributed by atoms with Gasteiger partial charge < -0.3 is 20.5 Å². The van der Waals surface area contributed by atoms with E-state index >= 15 is 0 Å². The van der Waals surface area contributed by atoms with Gasteiger partial charge in [0, 0.05) is 5.69 Å². The van der Waals surface area contributed by atoms with Crippen LogP contribution < -0.4 is 16.4 Å². The fourth-order valence-corrected chi connectivity index (χ4v) is 2.90. The third-order valence-electron chi connectivity index (χ3n) is 3.44. The van der Waals surface area contributed by atoms with Crippen molar-refractivity contribution in [3.05, 3.63) is 46.8 Å². The second-order valence-electron chi connectivity index (χ2n) is 5.49. The average Bonchev–Trinajstić information content (AvgIpc) is 3.10. The Bertz CT molecular complexity index is 895. The molecule has 0 aliphatic carbocycles. The Morgan fingerprint density at radius 1 is 1.18 bits per heavy atom. The largest absolute Gasteiger partial charge is 0.450 e. The van der Waals surface area contributed by atoms with Crippen LogP contribution in [0.15, 0.2) is 35.7 Å². The summed E-state index contributed by atoms with van der Waals surface area (Å²) in [5.74, 6) is -2.04. The number of thiophene rings is 1. The first kappa shape index (κ1) is 20.9. The van der Waals surface area contributed by atoms with E-state index in [0.29, 0.717) is 5.69 Å². The smallest absolute Gasteiger partial charge is 0.411 e. The fourth-order valence-electron chi connectivity index (χ4n) is 2.10. The minimum absolute atomic E-state index is 0.142. The molecule has 4 N–H and O–H groups in total. The van der Waals surface area contributed by atoms with Crippen molar-refractivity contribution < 1.29 is 28.7 Å². The number of nitrogens with one attached hydrogen (secondary N) is 2. The molecular formula is C18H19N3O6S. The molecule has 0 aliphatic heterocycles. The number of carbonyl (C=O) groups is 4. The predicted molar refractivity (Wildman–Crippen MR) is 103 cm³/mol. The molecule has 0 saturated heterocycles. The van der Waals surface area contributed by atoms with Gasteiger partial charge in [-0.2, -0.15) is 0 Å². The summed E-state index contributed by atoms with van der Waals surface area (Å²) < 4.78 is 9.92. The summed E-state index contributed by atoms with van der Waals surface area (Å²) in [6.07, 6.45) is -1.78. The number of carbonyl (C=O) groups excluding carboxylic acids is 4. The quantitative estimate of drug-likeness (QED) is 0.606. The zero-order valence-corrected chi connectivity index (χ0v) is 16.0. The lowest BCUT2D eigenvalue weighted by Gasteiger charge is -2.14. The molecule has 3 amide bonds. The van der Waals surface area contributed by atoms with Gasteiger partial charge in [-0.1, -0.05) is 6.07 Å². The first-order valence-corrected chi connectivity index (χ1v) is 9.12. The van der Waals surface area contributed by atoms with Gasteiger partial charge in [-0.05, 0) is 43.5 Å². The van der Waals surface area contributed by atoms with Gasteiger partial charge in [0.2, 0.25) is 0 Å². The molecule has 2 aromatic rings.